The van der Waals surface area contributed by atoms with Crippen molar-refractivity contribution in [3.63, 3.8) is 0 Å². The largest absolute Gasteiger partial charge is 0.465 e. The first-order chi connectivity index (χ1) is 9.36. The molecular formula is C14H17BrFNO3. The maximum absolute atomic E-state index is 13.5. The van der Waals surface area contributed by atoms with E-state index in [4.69, 9.17) is 4.74 Å². The van der Waals surface area contributed by atoms with Crippen molar-refractivity contribution in [2.75, 3.05) is 13.2 Å². The van der Waals surface area contributed by atoms with Crippen molar-refractivity contribution in [2.45, 2.75) is 26.8 Å². The minimum Gasteiger partial charge on any atom is -0.465 e. The quantitative estimate of drug-likeness (QED) is 0.770. The maximum atomic E-state index is 13.5. The number of carbonyl (C=O) groups is 2. The molecule has 0 unspecified atom stereocenters. The van der Waals surface area contributed by atoms with E-state index in [1.54, 1.807) is 20.8 Å². The van der Waals surface area contributed by atoms with Gasteiger partial charge in [-0.2, -0.15) is 0 Å². The number of amides is 1. The number of esters is 1. The van der Waals surface area contributed by atoms with Crippen LogP contribution < -0.4 is 0 Å². The van der Waals surface area contributed by atoms with Crippen LogP contribution in [0.5, 0.6) is 0 Å². The molecule has 1 rings (SSSR count). The molecule has 0 aliphatic heterocycles. The molecule has 1 aromatic rings. The standard InChI is InChI=1S/C14H17BrFNO3/c1-4-20-13(18)8-17(9(2)3)14(19)10-5-6-11(15)12(16)7-10/h5-7,9H,4,8H2,1-3H3. The summed E-state index contributed by atoms with van der Waals surface area (Å²) in [5.41, 5.74) is 0.198. The van der Waals surface area contributed by atoms with Crippen molar-refractivity contribution in [3.8, 4) is 0 Å². The molecule has 0 fully saturated rings. The first-order valence-corrected chi connectivity index (χ1v) is 7.07. The van der Waals surface area contributed by atoms with Gasteiger partial charge in [0.2, 0.25) is 0 Å². The molecular weight excluding hydrogens is 329 g/mol. The molecule has 0 spiro atoms. The first kappa shape index (κ1) is 16.6. The van der Waals surface area contributed by atoms with Crippen LogP contribution in [0.3, 0.4) is 0 Å². The van der Waals surface area contributed by atoms with E-state index in [0.717, 1.165) is 6.07 Å². The lowest BCUT2D eigenvalue weighted by Crippen LogP contribution is -2.41. The monoisotopic (exact) mass is 345 g/mol. The van der Waals surface area contributed by atoms with E-state index in [2.05, 4.69) is 15.9 Å². The topological polar surface area (TPSA) is 46.6 Å². The van der Waals surface area contributed by atoms with Crippen LogP contribution in [0, 0.1) is 5.82 Å². The molecule has 0 aliphatic carbocycles. The van der Waals surface area contributed by atoms with Gasteiger partial charge < -0.3 is 9.64 Å². The summed E-state index contributed by atoms with van der Waals surface area (Å²) in [7, 11) is 0. The SMILES string of the molecule is CCOC(=O)CN(C(=O)c1ccc(Br)c(F)c1)C(C)C. The Kier molecular flexibility index (Phi) is 6.13. The minimum atomic E-state index is -0.518. The molecule has 0 radical (unpaired) electrons. The third-order valence-electron chi connectivity index (χ3n) is 2.66. The fourth-order valence-corrected chi connectivity index (χ4v) is 1.88. The van der Waals surface area contributed by atoms with E-state index in [1.165, 1.54) is 17.0 Å². The first-order valence-electron chi connectivity index (χ1n) is 6.28. The predicted molar refractivity (Wildman–Crippen MR) is 76.9 cm³/mol. The summed E-state index contributed by atoms with van der Waals surface area (Å²) in [4.78, 5) is 25.2. The number of hydrogen-bond acceptors (Lipinski definition) is 3. The number of hydrogen-bond donors (Lipinski definition) is 0. The number of nitrogens with zero attached hydrogens (tertiary/aromatic N) is 1. The normalized spacial score (nSPS) is 10.5. The van der Waals surface area contributed by atoms with Crippen LogP contribution in [-0.4, -0.2) is 36.0 Å². The predicted octanol–water partition coefficient (Wildman–Crippen LogP) is 3.00. The van der Waals surface area contributed by atoms with Crippen molar-refractivity contribution >= 4 is 27.8 Å². The summed E-state index contributed by atoms with van der Waals surface area (Å²) in [6.45, 7) is 5.37. The van der Waals surface area contributed by atoms with Gasteiger partial charge in [0.25, 0.3) is 5.91 Å². The van der Waals surface area contributed by atoms with E-state index in [1.807, 2.05) is 0 Å². The molecule has 0 aromatic heterocycles. The van der Waals surface area contributed by atoms with Crippen LogP contribution in [0.15, 0.2) is 22.7 Å². The zero-order valence-electron chi connectivity index (χ0n) is 11.7. The highest BCUT2D eigenvalue weighted by molar-refractivity contribution is 9.10. The van der Waals surface area contributed by atoms with Gasteiger partial charge in [-0.3, -0.25) is 9.59 Å². The van der Waals surface area contributed by atoms with Gasteiger partial charge >= 0.3 is 5.97 Å². The molecule has 4 nitrogen and oxygen atoms in total. The van der Waals surface area contributed by atoms with Crippen molar-refractivity contribution in [1.29, 1.82) is 0 Å². The Balaban J connectivity index is 2.93. The summed E-state index contributed by atoms with van der Waals surface area (Å²) in [5.74, 6) is -1.40. The van der Waals surface area contributed by atoms with Gasteiger partial charge in [0.1, 0.15) is 12.4 Å². The van der Waals surface area contributed by atoms with Crippen LogP contribution >= 0.6 is 15.9 Å². The average Bonchev–Trinajstić information content (AvgIpc) is 2.38. The van der Waals surface area contributed by atoms with Crippen molar-refractivity contribution in [2.24, 2.45) is 0 Å². The van der Waals surface area contributed by atoms with E-state index in [9.17, 15) is 14.0 Å². The highest BCUT2D eigenvalue weighted by Crippen LogP contribution is 2.18. The second-order valence-corrected chi connectivity index (χ2v) is 5.32. The average molecular weight is 346 g/mol. The minimum absolute atomic E-state index is 0.151. The zero-order valence-corrected chi connectivity index (χ0v) is 13.2. The van der Waals surface area contributed by atoms with Crippen LogP contribution in [-0.2, 0) is 9.53 Å². The molecule has 0 bridgehead atoms. The molecule has 1 amide bonds. The van der Waals surface area contributed by atoms with Crippen LogP contribution in [0.1, 0.15) is 31.1 Å². The Morgan fingerprint density at radius 1 is 1.40 bits per heavy atom. The highest BCUT2D eigenvalue weighted by atomic mass is 79.9. The molecule has 1 aromatic carbocycles. The molecule has 20 heavy (non-hydrogen) atoms. The van der Waals surface area contributed by atoms with Gasteiger partial charge in [0, 0.05) is 11.6 Å². The molecule has 0 atom stereocenters. The van der Waals surface area contributed by atoms with Crippen LogP contribution in [0.2, 0.25) is 0 Å². The van der Waals surface area contributed by atoms with Gasteiger partial charge in [-0.25, -0.2) is 4.39 Å². The van der Waals surface area contributed by atoms with Gasteiger partial charge in [0.05, 0.1) is 11.1 Å². The Morgan fingerprint density at radius 2 is 2.05 bits per heavy atom. The second kappa shape index (κ2) is 7.38. The van der Waals surface area contributed by atoms with Crippen molar-refractivity contribution in [3.05, 3.63) is 34.1 Å². The summed E-state index contributed by atoms with van der Waals surface area (Å²) in [6.07, 6.45) is 0. The number of rotatable bonds is 5. The van der Waals surface area contributed by atoms with E-state index in [-0.39, 0.29) is 29.2 Å². The maximum Gasteiger partial charge on any atom is 0.325 e. The molecule has 6 heteroatoms. The lowest BCUT2D eigenvalue weighted by Gasteiger charge is -2.25. The molecule has 110 valence electrons. The Bertz CT molecular complexity index is 505. The Labute approximate surface area is 126 Å². The molecule has 0 heterocycles. The van der Waals surface area contributed by atoms with Crippen LogP contribution in [0.25, 0.3) is 0 Å². The summed E-state index contributed by atoms with van der Waals surface area (Å²) in [5, 5.41) is 0. The Hall–Kier alpha value is -1.43. The van der Waals surface area contributed by atoms with Gasteiger partial charge in [-0.15, -0.1) is 0 Å². The smallest absolute Gasteiger partial charge is 0.325 e. The van der Waals surface area contributed by atoms with E-state index < -0.39 is 17.7 Å². The number of carbonyl (C=O) groups excluding carboxylic acids is 2. The van der Waals surface area contributed by atoms with Gasteiger partial charge in [0.15, 0.2) is 0 Å². The summed E-state index contributed by atoms with van der Waals surface area (Å²) < 4.78 is 18.6. The number of halogens is 2. The summed E-state index contributed by atoms with van der Waals surface area (Å²) in [6, 6.07) is 3.92. The Morgan fingerprint density at radius 3 is 2.55 bits per heavy atom. The van der Waals surface area contributed by atoms with Crippen LogP contribution in [0.4, 0.5) is 4.39 Å². The summed E-state index contributed by atoms with van der Waals surface area (Å²) >= 11 is 3.03. The molecule has 0 aliphatic rings. The molecule has 0 saturated heterocycles. The van der Waals surface area contributed by atoms with Crippen molar-refractivity contribution < 1.29 is 18.7 Å². The lowest BCUT2D eigenvalue weighted by molar-refractivity contribution is -0.144. The third kappa shape index (κ3) is 4.30. The van der Waals surface area contributed by atoms with E-state index in [0.29, 0.717) is 0 Å². The molecule has 0 saturated carbocycles. The fourth-order valence-electron chi connectivity index (χ4n) is 1.63. The lowest BCUT2D eigenvalue weighted by atomic mass is 10.1. The molecule has 0 N–H and O–H groups in total. The van der Waals surface area contributed by atoms with Crippen molar-refractivity contribution in [1.82, 2.24) is 4.90 Å². The fraction of sp³-hybridized carbons (Fsp3) is 0.429. The third-order valence-corrected chi connectivity index (χ3v) is 3.30. The number of ether oxygens (including phenoxy) is 1. The number of benzene rings is 1. The van der Waals surface area contributed by atoms with E-state index >= 15 is 0 Å². The second-order valence-electron chi connectivity index (χ2n) is 4.46. The van der Waals surface area contributed by atoms with Gasteiger partial charge in [-0.1, -0.05) is 0 Å². The highest BCUT2D eigenvalue weighted by Gasteiger charge is 2.22. The van der Waals surface area contributed by atoms with Gasteiger partial charge in [-0.05, 0) is 54.9 Å². The zero-order chi connectivity index (χ0) is 15.3.